The maximum atomic E-state index is 11.8. The molecule has 0 bridgehead atoms. The molecule has 0 aromatic rings. The van der Waals surface area contributed by atoms with Crippen molar-refractivity contribution in [1.82, 2.24) is 4.90 Å². The fourth-order valence-corrected chi connectivity index (χ4v) is 2.25. The Bertz CT molecular complexity index is 283. The summed E-state index contributed by atoms with van der Waals surface area (Å²) in [7, 11) is 0. The monoisotopic (exact) mass is 261 g/mol. The summed E-state index contributed by atoms with van der Waals surface area (Å²) in [5, 5.41) is 9.10. The number of morpholine rings is 1. The molecule has 5 nitrogen and oxygen atoms in total. The van der Waals surface area contributed by atoms with Crippen molar-refractivity contribution in [3.63, 3.8) is 0 Å². The number of ether oxygens (including phenoxy) is 1. The number of hydrogen-bond donors (Lipinski definition) is 1. The van der Waals surface area contributed by atoms with Crippen molar-refractivity contribution in [2.75, 3.05) is 25.4 Å². The Hall–Kier alpha value is -0.750. The zero-order valence-electron chi connectivity index (χ0n) is 10.2. The highest BCUT2D eigenvalue weighted by Gasteiger charge is 2.25. The van der Waals surface area contributed by atoms with Gasteiger partial charge in [0.05, 0.1) is 24.9 Å². The van der Waals surface area contributed by atoms with Crippen molar-refractivity contribution in [2.24, 2.45) is 0 Å². The molecule has 0 aromatic carbocycles. The average molecular weight is 261 g/mol. The summed E-state index contributed by atoms with van der Waals surface area (Å²) in [6, 6.07) is 0. The molecule has 1 heterocycles. The van der Waals surface area contributed by atoms with Crippen molar-refractivity contribution in [2.45, 2.75) is 31.6 Å². The number of amides is 1. The summed E-state index contributed by atoms with van der Waals surface area (Å²) in [5.74, 6) is -0.361. The van der Waals surface area contributed by atoms with Crippen LogP contribution in [0.15, 0.2) is 0 Å². The van der Waals surface area contributed by atoms with Crippen molar-refractivity contribution in [3.8, 4) is 0 Å². The molecule has 0 radical (unpaired) electrons. The highest BCUT2D eigenvalue weighted by molar-refractivity contribution is 8.00. The topological polar surface area (TPSA) is 66.8 Å². The minimum Gasteiger partial charge on any atom is -0.481 e. The molecule has 1 aliphatic rings. The van der Waals surface area contributed by atoms with E-state index in [-0.39, 0.29) is 18.4 Å². The van der Waals surface area contributed by atoms with Crippen molar-refractivity contribution in [3.05, 3.63) is 0 Å². The molecule has 6 heteroatoms. The van der Waals surface area contributed by atoms with Gasteiger partial charge in [-0.25, -0.2) is 0 Å². The van der Waals surface area contributed by atoms with E-state index in [0.717, 1.165) is 0 Å². The van der Waals surface area contributed by atoms with E-state index in [1.807, 2.05) is 13.8 Å². The number of aliphatic carboxylic acids is 1. The van der Waals surface area contributed by atoms with Gasteiger partial charge in [-0.3, -0.25) is 9.59 Å². The van der Waals surface area contributed by atoms with Crippen LogP contribution in [0.2, 0.25) is 0 Å². The summed E-state index contributed by atoms with van der Waals surface area (Å²) < 4.78 is 5.31. The Morgan fingerprint density at radius 1 is 1.53 bits per heavy atom. The van der Waals surface area contributed by atoms with E-state index >= 15 is 0 Å². The van der Waals surface area contributed by atoms with Crippen LogP contribution in [0.4, 0.5) is 0 Å². The molecule has 1 fully saturated rings. The van der Waals surface area contributed by atoms with Gasteiger partial charge in [0.15, 0.2) is 0 Å². The van der Waals surface area contributed by atoms with Crippen LogP contribution in [0, 0.1) is 0 Å². The lowest BCUT2D eigenvalue weighted by atomic mass is 10.2. The molecule has 0 saturated carbocycles. The van der Waals surface area contributed by atoms with Crippen LogP contribution in [-0.4, -0.2) is 58.7 Å². The quantitative estimate of drug-likeness (QED) is 0.794. The second-order valence-electron chi connectivity index (χ2n) is 4.29. The first-order valence-corrected chi connectivity index (χ1v) is 6.76. The predicted molar refractivity (Wildman–Crippen MR) is 66.2 cm³/mol. The van der Waals surface area contributed by atoms with Gasteiger partial charge in [0.25, 0.3) is 0 Å². The van der Waals surface area contributed by atoms with Gasteiger partial charge in [-0.15, -0.1) is 11.8 Å². The number of nitrogens with zero attached hydrogens (tertiary/aromatic N) is 1. The Morgan fingerprint density at radius 3 is 2.82 bits per heavy atom. The molecule has 1 N–H and O–H groups in total. The molecule has 0 spiro atoms. The summed E-state index contributed by atoms with van der Waals surface area (Å²) in [5.41, 5.74) is 0. The standard InChI is InChI=1S/C11H19NO4S/c1-8(2)17-7-10(13)12-3-4-16-9(6-12)5-11(14)15/h8-9H,3-7H2,1-2H3,(H,14,15). The lowest BCUT2D eigenvalue weighted by Crippen LogP contribution is -2.47. The van der Waals surface area contributed by atoms with Crippen molar-refractivity contribution in [1.29, 1.82) is 0 Å². The summed E-state index contributed by atoms with van der Waals surface area (Å²) in [4.78, 5) is 24.1. The summed E-state index contributed by atoms with van der Waals surface area (Å²) in [6.07, 6.45) is -0.407. The van der Waals surface area contributed by atoms with Gasteiger partial charge in [-0.2, -0.15) is 0 Å². The second-order valence-corrected chi connectivity index (χ2v) is 5.85. The number of carboxylic acid groups (broad SMARTS) is 1. The van der Waals surface area contributed by atoms with Gasteiger partial charge in [-0.1, -0.05) is 13.8 Å². The van der Waals surface area contributed by atoms with Gasteiger partial charge in [0.1, 0.15) is 0 Å². The lowest BCUT2D eigenvalue weighted by Gasteiger charge is -2.32. The van der Waals surface area contributed by atoms with E-state index in [1.165, 1.54) is 0 Å². The first kappa shape index (κ1) is 14.3. The Balaban J connectivity index is 2.37. The minimum atomic E-state index is -0.888. The fraction of sp³-hybridized carbons (Fsp3) is 0.818. The van der Waals surface area contributed by atoms with E-state index < -0.39 is 5.97 Å². The Morgan fingerprint density at radius 2 is 2.24 bits per heavy atom. The number of thioether (sulfide) groups is 1. The Labute approximate surface area is 105 Å². The SMILES string of the molecule is CC(C)SCC(=O)N1CCOC(CC(=O)O)C1. The lowest BCUT2D eigenvalue weighted by molar-refractivity contribution is -0.146. The van der Waals surface area contributed by atoms with E-state index in [2.05, 4.69) is 0 Å². The molecule has 1 unspecified atom stereocenters. The molecule has 0 aromatic heterocycles. The maximum absolute atomic E-state index is 11.8. The van der Waals surface area contributed by atoms with Gasteiger partial charge in [-0.05, 0) is 5.25 Å². The van der Waals surface area contributed by atoms with Gasteiger partial charge >= 0.3 is 5.97 Å². The molecule has 1 aliphatic heterocycles. The van der Waals surface area contributed by atoms with E-state index in [1.54, 1.807) is 16.7 Å². The third-order valence-corrected chi connectivity index (χ3v) is 3.51. The number of carboxylic acids is 1. The van der Waals surface area contributed by atoms with Crippen LogP contribution in [0.25, 0.3) is 0 Å². The number of carbonyl (C=O) groups is 2. The third-order valence-electron chi connectivity index (χ3n) is 2.43. The average Bonchev–Trinajstić information content (AvgIpc) is 2.25. The van der Waals surface area contributed by atoms with Crippen molar-refractivity contribution < 1.29 is 19.4 Å². The summed E-state index contributed by atoms with van der Waals surface area (Å²) >= 11 is 1.60. The third kappa shape index (κ3) is 5.41. The number of rotatable bonds is 5. The number of hydrogen-bond acceptors (Lipinski definition) is 4. The van der Waals surface area contributed by atoms with Crippen LogP contribution in [-0.2, 0) is 14.3 Å². The van der Waals surface area contributed by atoms with Crippen LogP contribution in [0.3, 0.4) is 0 Å². The molecule has 1 rings (SSSR count). The highest BCUT2D eigenvalue weighted by Crippen LogP contribution is 2.13. The second kappa shape index (κ2) is 6.86. The largest absolute Gasteiger partial charge is 0.481 e. The first-order chi connectivity index (χ1) is 7.99. The van der Waals surface area contributed by atoms with E-state index in [0.29, 0.717) is 30.7 Å². The molecule has 17 heavy (non-hydrogen) atoms. The summed E-state index contributed by atoms with van der Waals surface area (Å²) in [6.45, 7) is 5.47. The molecular weight excluding hydrogens is 242 g/mol. The molecule has 98 valence electrons. The van der Waals surface area contributed by atoms with Crippen LogP contribution < -0.4 is 0 Å². The van der Waals surface area contributed by atoms with Crippen LogP contribution >= 0.6 is 11.8 Å². The minimum absolute atomic E-state index is 0.0406. The normalized spacial score (nSPS) is 20.6. The van der Waals surface area contributed by atoms with E-state index in [9.17, 15) is 9.59 Å². The van der Waals surface area contributed by atoms with Gasteiger partial charge in [0.2, 0.25) is 5.91 Å². The first-order valence-electron chi connectivity index (χ1n) is 5.71. The Kier molecular flexibility index (Phi) is 5.77. The molecular formula is C11H19NO4S. The van der Waals surface area contributed by atoms with Crippen LogP contribution in [0.1, 0.15) is 20.3 Å². The predicted octanol–water partition coefficient (Wildman–Crippen LogP) is 0.830. The maximum Gasteiger partial charge on any atom is 0.306 e. The van der Waals surface area contributed by atoms with Crippen molar-refractivity contribution >= 4 is 23.6 Å². The van der Waals surface area contributed by atoms with E-state index in [4.69, 9.17) is 9.84 Å². The van der Waals surface area contributed by atoms with Gasteiger partial charge in [0, 0.05) is 13.1 Å². The smallest absolute Gasteiger partial charge is 0.306 e. The molecule has 1 atom stereocenters. The molecule has 0 aliphatic carbocycles. The number of carbonyl (C=O) groups excluding carboxylic acids is 1. The fourth-order valence-electron chi connectivity index (χ4n) is 1.59. The highest BCUT2D eigenvalue weighted by atomic mass is 32.2. The zero-order chi connectivity index (χ0) is 12.8. The molecule has 1 saturated heterocycles. The van der Waals surface area contributed by atoms with Gasteiger partial charge < -0.3 is 14.7 Å². The zero-order valence-corrected chi connectivity index (χ0v) is 11.0. The molecule has 1 amide bonds. The van der Waals surface area contributed by atoms with Crippen LogP contribution in [0.5, 0.6) is 0 Å².